The maximum Gasteiger partial charge on any atom is 0.289 e. The number of phenolic OH excluding ortho intramolecular Hbond substituents is 2. The Kier molecular flexibility index (Phi) is 6.85. The number of aromatic hydroxyl groups is 2. The summed E-state index contributed by atoms with van der Waals surface area (Å²) < 4.78 is 1.63. The number of carbonyl (C=O) groups is 1. The third kappa shape index (κ3) is 4.76. The highest BCUT2D eigenvalue weighted by atomic mass is 16.3. The van der Waals surface area contributed by atoms with Crippen LogP contribution in [0.5, 0.6) is 11.5 Å². The molecule has 0 bridgehead atoms. The third-order valence-corrected chi connectivity index (χ3v) is 6.30. The third-order valence-electron chi connectivity index (χ3n) is 6.30. The molecule has 1 saturated heterocycles. The molecule has 1 aliphatic rings. The fourth-order valence-corrected chi connectivity index (χ4v) is 4.21. The maximum absolute atomic E-state index is 12.6. The summed E-state index contributed by atoms with van der Waals surface area (Å²) in [5.74, 6) is -0.0360. The van der Waals surface area contributed by atoms with Gasteiger partial charge in [0.05, 0.1) is 5.56 Å². The fraction of sp³-hybridized carbons (Fsp3) is 0.400. The van der Waals surface area contributed by atoms with Gasteiger partial charge < -0.3 is 20.4 Å². The fourth-order valence-electron chi connectivity index (χ4n) is 4.21. The Morgan fingerprint density at radius 1 is 1.03 bits per heavy atom. The van der Waals surface area contributed by atoms with Crippen molar-refractivity contribution in [3.8, 4) is 28.6 Å². The first-order valence-corrected chi connectivity index (χ1v) is 11.5. The van der Waals surface area contributed by atoms with Crippen LogP contribution in [0.4, 0.5) is 0 Å². The lowest BCUT2D eigenvalue weighted by atomic mass is 9.98. The smallest absolute Gasteiger partial charge is 0.289 e. The van der Waals surface area contributed by atoms with Crippen LogP contribution in [0.15, 0.2) is 36.4 Å². The molecule has 0 radical (unpaired) electrons. The number of aromatic nitrogens is 3. The monoisotopic (exact) mass is 464 g/mol. The minimum Gasteiger partial charge on any atom is -0.508 e. The van der Waals surface area contributed by atoms with Gasteiger partial charge in [-0.3, -0.25) is 14.3 Å². The number of hydrogen-bond acceptors (Lipinski definition) is 7. The maximum atomic E-state index is 12.6. The minimum atomic E-state index is -0.386. The van der Waals surface area contributed by atoms with E-state index in [1.54, 1.807) is 10.6 Å². The van der Waals surface area contributed by atoms with Crippen LogP contribution in [0.2, 0.25) is 0 Å². The number of nitrogens with one attached hydrogen (secondary N) is 1. The van der Waals surface area contributed by atoms with Gasteiger partial charge in [0.25, 0.3) is 5.91 Å². The molecule has 34 heavy (non-hydrogen) atoms. The molecule has 0 aliphatic carbocycles. The molecule has 0 atom stereocenters. The van der Waals surface area contributed by atoms with E-state index in [4.69, 9.17) is 0 Å². The van der Waals surface area contributed by atoms with Crippen LogP contribution in [-0.2, 0) is 6.54 Å². The Hall–Kier alpha value is -3.43. The molecule has 1 fully saturated rings. The van der Waals surface area contributed by atoms with Gasteiger partial charge in [0.1, 0.15) is 11.5 Å². The van der Waals surface area contributed by atoms with Gasteiger partial charge in [-0.25, -0.2) is 0 Å². The molecule has 1 amide bonds. The largest absolute Gasteiger partial charge is 0.508 e. The molecule has 4 rings (SSSR count). The molecule has 0 spiro atoms. The molecule has 3 aromatic rings. The Morgan fingerprint density at radius 2 is 1.71 bits per heavy atom. The summed E-state index contributed by atoms with van der Waals surface area (Å²) in [6.45, 7) is 8.96. The summed E-state index contributed by atoms with van der Waals surface area (Å²) in [5.41, 5.74) is 2.95. The van der Waals surface area contributed by atoms with Crippen LogP contribution in [-0.4, -0.2) is 81.0 Å². The van der Waals surface area contributed by atoms with E-state index in [-0.39, 0.29) is 29.1 Å². The molecule has 3 N–H and O–H groups in total. The predicted octanol–water partition coefficient (Wildman–Crippen LogP) is 2.58. The van der Waals surface area contributed by atoms with Crippen LogP contribution in [0.3, 0.4) is 0 Å². The first-order valence-electron chi connectivity index (χ1n) is 11.5. The Labute approximate surface area is 199 Å². The van der Waals surface area contributed by atoms with E-state index >= 15 is 0 Å². The Bertz CT molecular complexity index is 1160. The lowest BCUT2D eigenvalue weighted by Crippen LogP contribution is -2.43. The van der Waals surface area contributed by atoms with Gasteiger partial charge in [0, 0.05) is 51.5 Å². The molecule has 1 aromatic heterocycles. The van der Waals surface area contributed by atoms with Crippen LogP contribution in [0, 0.1) is 0 Å². The number of hydrogen-bond donors (Lipinski definition) is 3. The van der Waals surface area contributed by atoms with Gasteiger partial charge in [-0.2, -0.15) is 0 Å². The normalized spacial score (nSPS) is 15.1. The van der Waals surface area contributed by atoms with Crippen LogP contribution < -0.4 is 5.32 Å². The zero-order valence-electron chi connectivity index (χ0n) is 20.1. The highest BCUT2D eigenvalue weighted by Gasteiger charge is 2.24. The van der Waals surface area contributed by atoms with Gasteiger partial charge in [0.2, 0.25) is 5.82 Å². The first-order chi connectivity index (χ1) is 16.3. The molecule has 2 aromatic carbocycles. The van der Waals surface area contributed by atoms with Crippen molar-refractivity contribution in [2.24, 2.45) is 0 Å². The van der Waals surface area contributed by atoms with Crippen LogP contribution in [0.1, 0.15) is 41.5 Å². The second-order valence-electron chi connectivity index (χ2n) is 9.09. The predicted molar refractivity (Wildman–Crippen MR) is 130 cm³/mol. The van der Waals surface area contributed by atoms with Crippen molar-refractivity contribution in [3.05, 3.63) is 53.3 Å². The lowest BCUT2D eigenvalue weighted by Gasteiger charge is -2.32. The van der Waals surface area contributed by atoms with Crippen molar-refractivity contribution in [1.29, 1.82) is 0 Å². The van der Waals surface area contributed by atoms with Gasteiger partial charge in [0.15, 0.2) is 5.82 Å². The quantitative estimate of drug-likeness (QED) is 0.515. The van der Waals surface area contributed by atoms with E-state index in [0.29, 0.717) is 22.6 Å². The van der Waals surface area contributed by atoms with E-state index in [2.05, 4.69) is 32.4 Å². The number of rotatable bonds is 6. The second kappa shape index (κ2) is 9.82. The Balaban J connectivity index is 1.72. The zero-order chi connectivity index (χ0) is 24.4. The highest BCUT2D eigenvalue weighted by molar-refractivity contribution is 5.92. The van der Waals surface area contributed by atoms with Crippen molar-refractivity contribution in [1.82, 2.24) is 29.9 Å². The molecule has 2 heterocycles. The average molecular weight is 465 g/mol. The van der Waals surface area contributed by atoms with Crippen LogP contribution in [0.25, 0.3) is 17.1 Å². The van der Waals surface area contributed by atoms with Gasteiger partial charge in [-0.05, 0) is 42.3 Å². The zero-order valence-corrected chi connectivity index (χ0v) is 20.1. The van der Waals surface area contributed by atoms with Crippen molar-refractivity contribution >= 4 is 5.91 Å². The number of nitrogens with zero attached hydrogens (tertiary/aromatic N) is 5. The number of likely N-dealkylation sites (N-methyl/N-ethyl adjacent to an activating group) is 1. The number of carbonyl (C=O) groups excluding carboxylic acids is 1. The van der Waals surface area contributed by atoms with Gasteiger partial charge >= 0.3 is 0 Å². The molecule has 9 heteroatoms. The topological polar surface area (TPSA) is 107 Å². The van der Waals surface area contributed by atoms with E-state index in [0.717, 1.165) is 32.7 Å². The van der Waals surface area contributed by atoms with Gasteiger partial charge in [-0.1, -0.05) is 26.0 Å². The lowest BCUT2D eigenvalue weighted by molar-refractivity contribution is 0.0951. The molecular weight excluding hydrogens is 432 g/mol. The van der Waals surface area contributed by atoms with E-state index in [1.807, 2.05) is 38.1 Å². The van der Waals surface area contributed by atoms with Crippen molar-refractivity contribution in [2.45, 2.75) is 26.3 Å². The summed E-state index contributed by atoms with van der Waals surface area (Å²) in [4.78, 5) is 17.3. The van der Waals surface area contributed by atoms with Crippen molar-refractivity contribution < 1.29 is 15.0 Å². The summed E-state index contributed by atoms with van der Waals surface area (Å²) in [6.07, 6.45) is 0. The summed E-state index contributed by atoms with van der Waals surface area (Å²) in [7, 11) is 3.68. The van der Waals surface area contributed by atoms with Gasteiger partial charge in [-0.15, -0.1) is 10.2 Å². The molecule has 0 unspecified atom stereocenters. The molecule has 0 saturated carbocycles. The van der Waals surface area contributed by atoms with E-state index in [1.165, 1.54) is 18.7 Å². The Morgan fingerprint density at radius 3 is 2.32 bits per heavy atom. The van der Waals surface area contributed by atoms with Crippen LogP contribution >= 0.6 is 0 Å². The molecule has 9 nitrogen and oxygen atoms in total. The average Bonchev–Trinajstić information content (AvgIpc) is 3.25. The molecule has 180 valence electrons. The molecular formula is C25H32N6O3. The summed E-state index contributed by atoms with van der Waals surface area (Å²) >= 11 is 0. The summed E-state index contributed by atoms with van der Waals surface area (Å²) in [5, 5.41) is 31.8. The van der Waals surface area contributed by atoms with E-state index in [9.17, 15) is 15.0 Å². The number of phenols is 2. The minimum absolute atomic E-state index is 0.0158. The number of benzene rings is 2. The number of amides is 1. The highest BCUT2D eigenvalue weighted by Crippen LogP contribution is 2.38. The molecule has 1 aliphatic heterocycles. The van der Waals surface area contributed by atoms with Crippen molar-refractivity contribution in [2.75, 3.05) is 40.3 Å². The SMILES string of the molecule is CNC(=O)c1nnc(-c2cc(C(C)C)c(O)cc2O)n1-c1ccc(CN2CCN(C)CC2)cc1. The first kappa shape index (κ1) is 23.7. The number of piperazine rings is 1. The summed E-state index contributed by atoms with van der Waals surface area (Å²) in [6, 6.07) is 11.0. The standard InChI is InChI=1S/C25H32N6O3/c1-16(2)19-13-20(22(33)14-21(19)32)23-27-28-24(25(34)26-3)31(23)18-7-5-17(6-8-18)15-30-11-9-29(4)10-12-30/h5-8,13-14,16,32-33H,9-12,15H2,1-4H3,(H,26,34). The van der Waals surface area contributed by atoms with E-state index < -0.39 is 0 Å². The second-order valence-corrected chi connectivity index (χ2v) is 9.09. The van der Waals surface area contributed by atoms with Crippen molar-refractivity contribution in [3.63, 3.8) is 0 Å².